The Bertz CT molecular complexity index is 722. The molecule has 0 spiro atoms. The smallest absolute Gasteiger partial charge is 0.126 e. The normalized spacial score (nSPS) is 10.6. The first-order valence-electron chi connectivity index (χ1n) is 7.43. The molecule has 0 bridgehead atoms. The molecule has 22 heavy (non-hydrogen) atoms. The summed E-state index contributed by atoms with van der Waals surface area (Å²) in [7, 11) is 0. The zero-order valence-electron chi connectivity index (χ0n) is 12.6. The Morgan fingerprint density at radius 2 is 1.86 bits per heavy atom. The highest BCUT2D eigenvalue weighted by Crippen LogP contribution is 2.13. The van der Waals surface area contributed by atoms with Crippen molar-refractivity contribution in [2.45, 2.75) is 26.3 Å². The maximum Gasteiger partial charge on any atom is 0.126 e. The molecule has 0 amide bonds. The topological polar surface area (TPSA) is 37.8 Å². The van der Waals surface area contributed by atoms with Gasteiger partial charge < -0.3 is 5.32 Å². The highest BCUT2D eigenvalue weighted by Gasteiger charge is 2.01. The maximum absolute atomic E-state index is 4.45. The molecule has 0 unspecified atom stereocenters. The van der Waals surface area contributed by atoms with Gasteiger partial charge in [0.1, 0.15) is 5.82 Å². The fourth-order valence-electron chi connectivity index (χ4n) is 2.33. The second kappa shape index (κ2) is 7.18. The van der Waals surface area contributed by atoms with Crippen molar-refractivity contribution < 1.29 is 0 Å². The number of aromatic nitrogens is 2. The molecule has 3 nitrogen and oxygen atoms in total. The summed E-state index contributed by atoms with van der Waals surface area (Å²) in [6.07, 6.45) is 3.95. The first-order valence-corrected chi connectivity index (χ1v) is 8.31. The third kappa shape index (κ3) is 4.15. The molecular formula is C18H19N3S. The molecule has 0 saturated heterocycles. The van der Waals surface area contributed by atoms with Gasteiger partial charge in [-0.3, -0.25) is 0 Å². The van der Waals surface area contributed by atoms with Crippen LogP contribution in [0.5, 0.6) is 0 Å². The molecule has 0 aliphatic heterocycles. The van der Waals surface area contributed by atoms with E-state index in [1.54, 1.807) is 11.3 Å². The van der Waals surface area contributed by atoms with Crippen LogP contribution in [0.4, 0.5) is 5.82 Å². The van der Waals surface area contributed by atoms with Gasteiger partial charge in [0.05, 0.1) is 17.2 Å². The van der Waals surface area contributed by atoms with E-state index < -0.39 is 0 Å². The van der Waals surface area contributed by atoms with Crippen molar-refractivity contribution in [3.63, 3.8) is 0 Å². The van der Waals surface area contributed by atoms with Gasteiger partial charge in [0, 0.05) is 11.6 Å². The minimum Gasteiger partial charge on any atom is -0.364 e. The molecule has 0 aliphatic carbocycles. The van der Waals surface area contributed by atoms with E-state index in [9.17, 15) is 0 Å². The van der Waals surface area contributed by atoms with Gasteiger partial charge in [0.15, 0.2) is 0 Å². The van der Waals surface area contributed by atoms with Crippen LogP contribution in [-0.4, -0.2) is 9.97 Å². The number of hydrogen-bond acceptors (Lipinski definition) is 4. The first-order chi connectivity index (χ1) is 10.8. The van der Waals surface area contributed by atoms with Crippen molar-refractivity contribution in [2.75, 3.05) is 5.32 Å². The standard InChI is InChI=1S/C18H19N3S/c1-14-21-17(13-22-14)12-20-18-11-16(9-10-19-18)8-7-15-5-3-2-4-6-15/h2-6,9-11,13H,7-8,12H2,1H3,(H,19,20). The summed E-state index contributed by atoms with van der Waals surface area (Å²) in [5.74, 6) is 0.913. The van der Waals surface area contributed by atoms with Gasteiger partial charge in [-0.2, -0.15) is 0 Å². The number of nitrogens with one attached hydrogen (secondary N) is 1. The highest BCUT2D eigenvalue weighted by atomic mass is 32.1. The Kier molecular flexibility index (Phi) is 4.81. The molecule has 0 fully saturated rings. The number of hydrogen-bond donors (Lipinski definition) is 1. The van der Waals surface area contributed by atoms with E-state index in [-0.39, 0.29) is 0 Å². The van der Waals surface area contributed by atoms with Gasteiger partial charge in [-0.05, 0) is 43.0 Å². The number of benzene rings is 1. The first kappa shape index (κ1) is 14.7. The molecule has 0 radical (unpaired) electrons. The number of nitrogens with zero attached hydrogens (tertiary/aromatic N) is 2. The molecule has 0 saturated carbocycles. The summed E-state index contributed by atoms with van der Waals surface area (Å²) in [5.41, 5.74) is 3.74. The van der Waals surface area contributed by atoms with E-state index in [4.69, 9.17) is 0 Å². The van der Waals surface area contributed by atoms with Crippen LogP contribution in [0.3, 0.4) is 0 Å². The van der Waals surface area contributed by atoms with E-state index in [1.165, 1.54) is 11.1 Å². The molecule has 2 heterocycles. The SMILES string of the molecule is Cc1nc(CNc2cc(CCc3ccccc3)ccn2)cs1. The van der Waals surface area contributed by atoms with Crippen LogP contribution >= 0.6 is 11.3 Å². The van der Waals surface area contributed by atoms with E-state index in [2.05, 4.69) is 63.1 Å². The van der Waals surface area contributed by atoms with E-state index in [1.807, 2.05) is 13.1 Å². The number of rotatable bonds is 6. The van der Waals surface area contributed by atoms with Gasteiger partial charge in [-0.25, -0.2) is 9.97 Å². The minimum atomic E-state index is 0.722. The summed E-state index contributed by atoms with van der Waals surface area (Å²) < 4.78 is 0. The predicted molar refractivity (Wildman–Crippen MR) is 92.3 cm³/mol. The fraction of sp³-hybridized carbons (Fsp3) is 0.222. The Morgan fingerprint density at radius 3 is 2.64 bits per heavy atom. The monoisotopic (exact) mass is 309 g/mol. The van der Waals surface area contributed by atoms with Gasteiger partial charge in [0.2, 0.25) is 0 Å². The van der Waals surface area contributed by atoms with Crippen LogP contribution < -0.4 is 5.32 Å². The van der Waals surface area contributed by atoms with Crippen molar-refractivity contribution in [3.05, 3.63) is 75.9 Å². The van der Waals surface area contributed by atoms with E-state index in [0.29, 0.717) is 0 Å². The second-order valence-electron chi connectivity index (χ2n) is 5.25. The lowest BCUT2D eigenvalue weighted by Crippen LogP contribution is -2.02. The zero-order valence-corrected chi connectivity index (χ0v) is 13.4. The summed E-state index contributed by atoms with van der Waals surface area (Å²) >= 11 is 1.68. The van der Waals surface area contributed by atoms with Crippen LogP contribution in [0.25, 0.3) is 0 Å². The number of thiazole rings is 1. The molecule has 0 atom stereocenters. The molecular weight excluding hydrogens is 290 g/mol. The molecule has 0 aliphatic rings. The number of anilines is 1. The molecule has 3 rings (SSSR count). The van der Waals surface area contributed by atoms with Crippen LogP contribution in [0, 0.1) is 6.92 Å². The third-order valence-corrected chi connectivity index (χ3v) is 4.31. The minimum absolute atomic E-state index is 0.722. The number of aryl methyl sites for hydroxylation is 3. The van der Waals surface area contributed by atoms with Gasteiger partial charge in [-0.1, -0.05) is 30.3 Å². The van der Waals surface area contributed by atoms with Gasteiger partial charge in [0.25, 0.3) is 0 Å². The fourth-order valence-corrected chi connectivity index (χ4v) is 2.94. The lowest BCUT2D eigenvalue weighted by atomic mass is 10.1. The Hall–Kier alpha value is -2.20. The van der Waals surface area contributed by atoms with Crippen LogP contribution in [0.1, 0.15) is 21.8 Å². The zero-order chi connectivity index (χ0) is 15.2. The maximum atomic E-state index is 4.45. The molecule has 4 heteroatoms. The van der Waals surface area contributed by atoms with Gasteiger partial charge >= 0.3 is 0 Å². The molecule has 112 valence electrons. The number of pyridine rings is 1. The third-order valence-electron chi connectivity index (χ3n) is 3.49. The lowest BCUT2D eigenvalue weighted by molar-refractivity contribution is 0.952. The summed E-state index contributed by atoms with van der Waals surface area (Å²) in [6.45, 7) is 2.75. The van der Waals surface area contributed by atoms with Crippen LogP contribution in [0.2, 0.25) is 0 Å². The van der Waals surface area contributed by atoms with Crippen molar-refractivity contribution >= 4 is 17.2 Å². The quantitative estimate of drug-likeness (QED) is 0.740. The molecule has 1 N–H and O–H groups in total. The van der Waals surface area contributed by atoms with E-state index in [0.717, 1.165) is 35.9 Å². The lowest BCUT2D eigenvalue weighted by Gasteiger charge is -2.06. The summed E-state index contributed by atoms with van der Waals surface area (Å²) in [5, 5.41) is 6.53. The van der Waals surface area contributed by atoms with E-state index >= 15 is 0 Å². The van der Waals surface area contributed by atoms with Crippen molar-refractivity contribution in [3.8, 4) is 0 Å². The predicted octanol–water partition coefficient (Wildman–Crippen LogP) is 4.24. The van der Waals surface area contributed by atoms with Crippen molar-refractivity contribution in [1.82, 2.24) is 9.97 Å². The average molecular weight is 309 g/mol. The summed E-state index contributed by atoms with van der Waals surface area (Å²) in [4.78, 5) is 8.83. The Labute approximate surface area is 135 Å². The largest absolute Gasteiger partial charge is 0.364 e. The van der Waals surface area contributed by atoms with Crippen LogP contribution in [0.15, 0.2) is 54.0 Å². The Morgan fingerprint density at radius 1 is 1.05 bits per heavy atom. The molecule has 1 aromatic carbocycles. The second-order valence-corrected chi connectivity index (χ2v) is 6.31. The molecule has 3 aromatic rings. The molecule has 2 aromatic heterocycles. The van der Waals surface area contributed by atoms with Gasteiger partial charge in [-0.15, -0.1) is 11.3 Å². The Balaban J connectivity index is 1.57. The van der Waals surface area contributed by atoms with Crippen molar-refractivity contribution in [2.24, 2.45) is 0 Å². The summed E-state index contributed by atoms with van der Waals surface area (Å²) in [6, 6.07) is 14.8. The van der Waals surface area contributed by atoms with Crippen molar-refractivity contribution in [1.29, 1.82) is 0 Å². The average Bonchev–Trinajstić information content (AvgIpc) is 2.98. The van der Waals surface area contributed by atoms with Crippen LogP contribution in [-0.2, 0) is 19.4 Å². The highest BCUT2D eigenvalue weighted by molar-refractivity contribution is 7.09.